The van der Waals surface area contributed by atoms with Gasteiger partial charge in [-0.3, -0.25) is 24.4 Å². The van der Waals surface area contributed by atoms with Gasteiger partial charge in [0, 0.05) is 65.8 Å². The second-order valence-corrected chi connectivity index (χ2v) is 15.4. The lowest BCUT2D eigenvalue weighted by Crippen LogP contribution is -2.52. The number of imide groups is 1. The summed E-state index contributed by atoms with van der Waals surface area (Å²) in [6, 6.07) is 22.4. The first kappa shape index (κ1) is 37.6. The van der Waals surface area contributed by atoms with Crippen LogP contribution in [0.1, 0.15) is 82.4 Å². The molecule has 3 aromatic carbocycles. The van der Waals surface area contributed by atoms with Gasteiger partial charge in [-0.05, 0) is 112 Å². The Morgan fingerprint density at radius 1 is 0.909 bits per heavy atom. The normalized spacial score (nSPS) is 19.9. The summed E-state index contributed by atoms with van der Waals surface area (Å²) in [6.07, 6.45) is 5.21. The molecule has 4 aromatic rings. The molecule has 9 nitrogen and oxygen atoms in total. The van der Waals surface area contributed by atoms with E-state index in [2.05, 4.69) is 83.4 Å². The highest BCUT2D eigenvalue weighted by Gasteiger charge is 2.30. The van der Waals surface area contributed by atoms with Crippen molar-refractivity contribution in [3.63, 3.8) is 0 Å². The Kier molecular flexibility index (Phi) is 11.5. The van der Waals surface area contributed by atoms with Crippen LogP contribution in [-0.2, 0) is 16.1 Å². The third-order valence-corrected chi connectivity index (χ3v) is 11.3. The van der Waals surface area contributed by atoms with Crippen molar-refractivity contribution in [3.8, 4) is 41.0 Å². The van der Waals surface area contributed by atoms with Crippen molar-refractivity contribution < 1.29 is 14.4 Å². The van der Waals surface area contributed by atoms with Gasteiger partial charge in [0.1, 0.15) is 12.1 Å². The van der Waals surface area contributed by atoms with Crippen LogP contribution in [0, 0.1) is 66.6 Å². The van der Waals surface area contributed by atoms with Gasteiger partial charge in [0.2, 0.25) is 11.8 Å². The number of nitrogens with zero attached hydrogens (tertiary/aromatic N) is 4. The number of hydrogen-bond acceptors (Lipinski definition) is 6. The molecule has 3 heterocycles. The SMILES string of the molecule is Cc1c(-c2ccc(C#N)c(Cl)c2)nn(Cc2ccc(C#CC3CCC(CN4CC(C#Cc5ccc(C(=O)NC6CCC(=O)NC6=O)cc5)C4)CC3)cc2)c1C. The molecule has 55 heavy (non-hydrogen) atoms. The van der Waals surface area contributed by atoms with Crippen LogP contribution in [0.4, 0.5) is 0 Å². The number of hydrogen-bond donors (Lipinski definition) is 2. The van der Waals surface area contributed by atoms with Crippen molar-refractivity contribution in [3.05, 3.63) is 111 Å². The molecule has 0 bridgehead atoms. The molecule has 7 rings (SSSR count). The second-order valence-electron chi connectivity index (χ2n) is 14.9. The van der Waals surface area contributed by atoms with Crippen LogP contribution >= 0.6 is 11.6 Å². The number of nitriles is 1. The number of amides is 3. The molecule has 2 aliphatic heterocycles. The van der Waals surface area contributed by atoms with Crippen LogP contribution in [0.15, 0.2) is 66.7 Å². The standard InChI is InChI=1S/C45H43ClN6O3/c1-29-30(2)52(50-43(29)38-19-20-39(24-47)40(46)23-38)28-35-12-7-32(8-13-35)4-3-31-5-10-34(11-6-31)25-51-26-36(27-51)14-9-33-15-17-37(18-16-33)44(54)48-41-21-22-42(53)49-45(41)55/h7-8,12-13,15-20,23,31,34,36,41H,5-6,10-11,21-22,25-28H2,1-2H3,(H,48,54)(H,49,53,55). The molecule has 0 spiro atoms. The predicted octanol–water partition coefficient (Wildman–Crippen LogP) is 6.42. The summed E-state index contributed by atoms with van der Waals surface area (Å²) >= 11 is 6.30. The van der Waals surface area contributed by atoms with E-state index in [0.717, 1.165) is 71.7 Å². The van der Waals surface area contributed by atoms with Crippen molar-refractivity contribution in [1.82, 2.24) is 25.3 Å². The average Bonchev–Trinajstić information content (AvgIpc) is 3.45. The van der Waals surface area contributed by atoms with E-state index in [0.29, 0.717) is 46.9 Å². The molecule has 3 aliphatic rings. The van der Waals surface area contributed by atoms with Crippen molar-refractivity contribution in [2.75, 3.05) is 19.6 Å². The smallest absolute Gasteiger partial charge is 0.251 e. The van der Waals surface area contributed by atoms with E-state index in [4.69, 9.17) is 16.7 Å². The van der Waals surface area contributed by atoms with Crippen molar-refractivity contribution >= 4 is 29.3 Å². The van der Waals surface area contributed by atoms with Gasteiger partial charge in [0.25, 0.3) is 5.91 Å². The number of carbonyl (C=O) groups is 3. The summed E-state index contributed by atoms with van der Waals surface area (Å²) in [6.45, 7) is 7.89. The fourth-order valence-corrected chi connectivity index (χ4v) is 7.72. The number of rotatable bonds is 7. The summed E-state index contributed by atoms with van der Waals surface area (Å²) in [5, 5.41) is 19.5. The van der Waals surface area contributed by atoms with Crippen molar-refractivity contribution in [1.29, 1.82) is 5.26 Å². The quantitative estimate of drug-likeness (QED) is 0.166. The fraction of sp³-hybridized carbons (Fsp3) is 0.356. The van der Waals surface area contributed by atoms with Crippen LogP contribution in [0.2, 0.25) is 5.02 Å². The van der Waals surface area contributed by atoms with Gasteiger partial charge in [-0.15, -0.1) is 0 Å². The van der Waals surface area contributed by atoms with Crippen LogP contribution in [0.3, 0.4) is 0 Å². The van der Waals surface area contributed by atoms with Crippen LogP contribution in [0.5, 0.6) is 0 Å². The Morgan fingerprint density at radius 3 is 2.24 bits per heavy atom. The lowest BCUT2D eigenvalue weighted by molar-refractivity contribution is -0.134. The monoisotopic (exact) mass is 750 g/mol. The molecule has 1 aliphatic carbocycles. The van der Waals surface area contributed by atoms with E-state index in [9.17, 15) is 19.6 Å². The van der Waals surface area contributed by atoms with Gasteiger partial charge in [0.15, 0.2) is 0 Å². The first-order valence-electron chi connectivity index (χ1n) is 18.9. The zero-order valence-electron chi connectivity index (χ0n) is 31.1. The van der Waals surface area contributed by atoms with Gasteiger partial charge < -0.3 is 10.2 Å². The number of benzene rings is 3. The van der Waals surface area contributed by atoms with Gasteiger partial charge in [-0.25, -0.2) is 0 Å². The minimum Gasteiger partial charge on any atom is -0.340 e. The molecule has 2 saturated heterocycles. The molecule has 1 saturated carbocycles. The Labute approximate surface area is 327 Å². The molecule has 0 radical (unpaired) electrons. The molecule has 1 atom stereocenters. The van der Waals surface area contributed by atoms with Crippen molar-refractivity contribution in [2.45, 2.75) is 65.0 Å². The van der Waals surface area contributed by atoms with Crippen LogP contribution < -0.4 is 10.6 Å². The number of nitrogens with one attached hydrogen (secondary N) is 2. The second kappa shape index (κ2) is 16.8. The molecule has 1 aromatic heterocycles. The summed E-state index contributed by atoms with van der Waals surface area (Å²) in [5.41, 5.74) is 7.93. The minimum atomic E-state index is -0.694. The topological polar surface area (TPSA) is 120 Å². The van der Waals surface area contributed by atoms with Crippen molar-refractivity contribution in [2.24, 2.45) is 17.8 Å². The zero-order chi connectivity index (χ0) is 38.5. The molecule has 278 valence electrons. The molecular formula is C45H43ClN6O3. The van der Waals surface area contributed by atoms with Gasteiger partial charge >= 0.3 is 0 Å². The first-order chi connectivity index (χ1) is 26.6. The van der Waals surface area contributed by atoms with E-state index in [-0.39, 0.29) is 18.2 Å². The van der Waals surface area contributed by atoms with Gasteiger partial charge in [0.05, 0.1) is 22.8 Å². The van der Waals surface area contributed by atoms with E-state index in [1.165, 1.54) is 12.8 Å². The fourth-order valence-electron chi connectivity index (χ4n) is 7.50. The number of piperidine rings is 1. The predicted molar refractivity (Wildman–Crippen MR) is 212 cm³/mol. The lowest BCUT2D eigenvalue weighted by atomic mass is 9.81. The highest BCUT2D eigenvalue weighted by atomic mass is 35.5. The molecule has 1 unspecified atom stereocenters. The highest BCUT2D eigenvalue weighted by Crippen LogP contribution is 2.31. The Balaban J connectivity index is 0.822. The minimum absolute atomic E-state index is 0.219. The van der Waals surface area contributed by atoms with Crippen LogP contribution in [-0.4, -0.2) is 58.1 Å². The summed E-state index contributed by atoms with van der Waals surface area (Å²) in [7, 11) is 0. The number of likely N-dealkylation sites (tertiary alicyclic amines) is 1. The molecule has 2 N–H and O–H groups in total. The molecule has 10 heteroatoms. The maximum absolute atomic E-state index is 12.6. The zero-order valence-corrected chi connectivity index (χ0v) is 31.9. The summed E-state index contributed by atoms with van der Waals surface area (Å²) in [4.78, 5) is 38.4. The molecule has 3 fully saturated rings. The lowest BCUT2D eigenvalue weighted by Gasteiger charge is -2.40. The van der Waals surface area contributed by atoms with Gasteiger partial charge in [-0.2, -0.15) is 10.4 Å². The number of carbonyl (C=O) groups excluding carboxylic acids is 3. The van der Waals surface area contributed by atoms with E-state index >= 15 is 0 Å². The third-order valence-electron chi connectivity index (χ3n) is 11.0. The maximum Gasteiger partial charge on any atom is 0.251 e. The van der Waals surface area contributed by atoms with Crippen LogP contribution in [0.25, 0.3) is 11.3 Å². The summed E-state index contributed by atoms with van der Waals surface area (Å²) in [5.74, 6) is 14.0. The Morgan fingerprint density at radius 2 is 1.58 bits per heavy atom. The number of aromatic nitrogens is 2. The van der Waals surface area contributed by atoms with Gasteiger partial charge in [-0.1, -0.05) is 53.5 Å². The largest absolute Gasteiger partial charge is 0.340 e. The molecule has 3 amide bonds. The maximum atomic E-state index is 12.6. The highest BCUT2D eigenvalue weighted by molar-refractivity contribution is 6.32. The molecular weight excluding hydrogens is 708 g/mol. The van der Waals surface area contributed by atoms with E-state index in [1.807, 2.05) is 28.9 Å². The van der Waals surface area contributed by atoms with E-state index in [1.54, 1.807) is 18.2 Å². The number of halogens is 1. The summed E-state index contributed by atoms with van der Waals surface area (Å²) < 4.78 is 2.02. The van der Waals surface area contributed by atoms with E-state index < -0.39 is 11.9 Å². The third kappa shape index (κ3) is 9.18. The average molecular weight is 751 g/mol. The Bertz CT molecular complexity index is 2270. The first-order valence-corrected chi connectivity index (χ1v) is 19.3. The Hall–Kier alpha value is -5.66.